The van der Waals surface area contributed by atoms with Crippen molar-refractivity contribution in [2.24, 2.45) is 5.92 Å². The van der Waals surface area contributed by atoms with Gasteiger partial charge in [0.05, 0.1) is 11.6 Å². The predicted molar refractivity (Wildman–Crippen MR) is 115 cm³/mol. The van der Waals surface area contributed by atoms with Crippen molar-refractivity contribution >= 4 is 29.0 Å². The largest absolute Gasteiger partial charge is 0.481 e. The molecule has 1 N–H and O–H groups in total. The number of nitrogens with zero attached hydrogens (tertiary/aromatic N) is 4. The molecule has 3 heterocycles. The lowest BCUT2D eigenvalue weighted by molar-refractivity contribution is -0.141. The average Bonchev–Trinajstić information content (AvgIpc) is 3.10. The van der Waals surface area contributed by atoms with Gasteiger partial charge < -0.3 is 10.0 Å². The van der Waals surface area contributed by atoms with Crippen LogP contribution in [0, 0.1) is 12.8 Å². The van der Waals surface area contributed by atoms with E-state index in [9.17, 15) is 9.90 Å². The molecular formula is C22H25ClN4O2. The van der Waals surface area contributed by atoms with Crippen LogP contribution in [0.4, 0.5) is 5.82 Å². The van der Waals surface area contributed by atoms with Crippen LogP contribution < -0.4 is 4.90 Å². The molecule has 1 atom stereocenters. The zero-order valence-corrected chi connectivity index (χ0v) is 17.6. The number of aliphatic carboxylic acids is 1. The highest BCUT2D eigenvalue weighted by molar-refractivity contribution is 6.30. The summed E-state index contributed by atoms with van der Waals surface area (Å²) in [6.45, 7) is 7.61. The highest BCUT2D eigenvalue weighted by Crippen LogP contribution is 2.34. The van der Waals surface area contributed by atoms with Crippen LogP contribution >= 0.6 is 11.6 Å². The molecule has 29 heavy (non-hydrogen) atoms. The van der Waals surface area contributed by atoms with Crippen LogP contribution in [0.5, 0.6) is 0 Å². The normalized spacial score (nSPS) is 17.3. The van der Waals surface area contributed by atoms with Gasteiger partial charge in [0.1, 0.15) is 5.82 Å². The summed E-state index contributed by atoms with van der Waals surface area (Å²) in [5, 5.41) is 15.1. The van der Waals surface area contributed by atoms with Gasteiger partial charge in [-0.15, -0.1) is 0 Å². The SMILES string of the molecule is Cc1nc2cc(-c3ccc(Cl)cc3)nn2c(N2CCC[C@@H](C(=O)O)C2)c1C(C)C. The number of hydrogen-bond donors (Lipinski definition) is 1. The van der Waals surface area contributed by atoms with Gasteiger partial charge in [0.25, 0.3) is 0 Å². The lowest BCUT2D eigenvalue weighted by Crippen LogP contribution is -2.40. The third kappa shape index (κ3) is 3.69. The molecule has 0 unspecified atom stereocenters. The summed E-state index contributed by atoms with van der Waals surface area (Å²) < 4.78 is 1.89. The maximum atomic E-state index is 11.6. The quantitative estimate of drug-likeness (QED) is 0.667. The van der Waals surface area contributed by atoms with E-state index in [2.05, 4.69) is 18.7 Å². The number of hydrogen-bond acceptors (Lipinski definition) is 4. The summed E-state index contributed by atoms with van der Waals surface area (Å²) in [5.41, 5.74) is 4.64. The number of carboxylic acid groups (broad SMARTS) is 1. The molecule has 1 saturated heterocycles. The first-order valence-corrected chi connectivity index (χ1v) is 10.4. The van der Waals surface area contributed by atoms with Crippen molar-refractivity contribution in [3.63, 3.8) is 0 Å². The lowest BCUT2D eigenvalue weighted by Gasteiger charge is -2.34. The van der Waals surface area contributed by atoms with E-state index in [0.717, 1.165) is 46.9 Å². The number of anilines is 1. The molecule has 6 nitrogen and oxygen atoms in total. The molecule has 4 rings (SSSR count). The number of aromatic nitrogens is 3. The molecule has 152 valence electrons. The summed E-state index contributed by atoms with van der Waals surface area (Å²) in [6, 6.07) is 9.56. The van der Waals surface area contributed by atoms with Gasteiger partial charge in [-0.2, -0.15) is 9.61 Å². The third-order valence-electron chi connectivity index (χ3n) is 5.59. The Morgan fingerprint density at radius 1 is 1.28 bits per heavy atom. The maximum absolute atomic E-state index is 11.6. The Morgan fingerprint density at radius 2 is 2.00 bits per heavy atom. The van der Waals surface area contributed by atoms with Crippen molar-refractivity contribution in [3.8, 4) is 11.3 Å². The van der Waals surface area contributed by atoms with Crippen molar-refractivity contribution < 1.29 is 9.90 Å². The Labute approximate surface area is 175 Å². The molecule has 0 saturated carbocycles. The molecule has 0 amide bonds. The van der Waals surface area contributed by atoms with E-state index < -0.39 is 5.97 Å². The fourth-order valence-electron chi connectivity index (χ4n) is 4.23. The number of benzene rings is 1. The fraction of sp³-hybridized carbons (Fsp3) is 0.409. The Hall–Kier alpha value is -2.60. The minimum atomic E-state index is -0.731. The molecule has 1 fully saturated rings. The monoisotopic (exact) mass is 412 g/mol. The second-order valence-corrected chi connectivity index (χ2v) is 8.46. The van der Waals surface area contributed by atoms with E-state index in [1.54, 1.807) is 0 Å². The molecule has 1 aliphatic rings. The molecule has 1 aliphatic heterocycles. The Bertz CT molecular complexity index is 1060. The first-order valence-electron chi connectivity index (χ1n) is 9.99. The number of piperidine rings is 1. The van der Waals surface area contributed by atoms with E-state index in [0.29, 0.717) is 18.0 Å². The fourth-order valence-corrected chi connectivity index (χ4v) is 4.35. The third-order valence-corrected chi connectivity index (χ3v) is 5.84. The second-order valence-electron chi connectivity index (χ2n) is 8.02. The van der Waals surface area contributed by atoms with Crippen molar-refractivity contribution in [2.75, 3.05) is 18.0 Å². The first kappa shape index (κ1) is 19.7. The summed E-state index contributed by atoms with van der Waals surface area (Å²) in [6.07, 6.45) is 1.56. The van der Waals surface area contributed by atoms with Crippen LogP contribution in [-0.4, -0.2) is 38.8 Å². The zero-order chi connectivity index (χ0) is 20.7. The standard InChI is InChI=1S/C22H25ClN4O2/c1-13(2)20-14(3)24-19-11-18(15-6-8-17(23)9-7-15)25-27(19)21(20)26-10-4-5-16(12-26)22(28)29/h6-9,11,13,16H,4-5,10,12H2,1-3H3,(H,28,29)/t16-/m1/s1. The maximum Gasteiger partial charge on any atom is 0.308 e. The van der Waals surface area contributed by atoms with E-state index in [4.69, 9.17) is 21.7 Å². The minimum Gasteiger partial charge on any atom is -0.481 e. The molecule has 0 bridgehead atoms. The van der Waals surface area contributed by atoms with Crippen LogP contribution in [-0.2, 0) is 4.79 Å². The Balaban J connectivity index is 1.88. The van der Waals surface area contributed by atoms with Gasteiger partial charge in [-0.3, -0.25) is 4.79 Å². The molecule has 2 aromatic heterocycles. The first-order chi connectivity index (χ1) is 13.8. The van der Waals surface area contributed by atoms with Crippen molar-refractivity contribution in [1.29, 1.82) is 0 Å². The van der Waals surface area contributed by atoms with Crippen LogP contribution in [0.2, 0.25) is 5.02 Å². The number of aryl methyl sites for hydroxylation is 1. The van der Waals surface area contributed by atoms with Crippen molar-refractivity contribution in [2.45, 2.75) is 39.5 Å². The highest BCUT2D eigenvalue weighted by atomic mass is 35.5. The van der Waals surface area contributed by atoms with Gasteiger partial charge in [-0.25, -0.2) is 4.98 Å². The van der Waals surface area contributed by atoms with Gasteiger partial charge in [-0.05, 0) is 37.8 Å². The van der Waals surface area contributed by atoms with E-state index in [1.807, 2.05) is 41.8 Å². The zero-order valence-electron chi connectivity index (χ0n) is 16.9. The Morgan fingerprint density at radius 3 is 2.66 bits per heavy atom. The van der Waals surface area contributed by atoms with E-state index in [-0.39, 0.29) is 11.8 Å². The van der Waals surface area contributed by atoms with Crippen LogP contribution in [0.15, 0.2) is 30.3 Å². The van der Waals surface area contributed by atoms with E-state index >= 15 is 0 Å². The van der Waals surface area contributed by atoms with Gasteiger partial charge in [0.15, 0.2) is 5.65 Å². The summed E-state index contributed by atoms with van der Waals surface area (Å²) >= 11 is 6.03. The molecule has 0 radical (unpaired) electrons. The smallest absolute Gasteiger partial charge is 0.308 e. The number of fused-ring (bicyclic) bond motifs is 1. The van der Waals surface area contributed by atoms with E-state index in [1.165, 1.54) is 0 Å². The van der Waals surface area contributed by atoms with Crippen LogP contribution in [0.25, 0.3) is 16.9 Å². The second kappa shape index (κ2) is 7.67. The average molecular weight is 413 g/mol. The Kier molecular flexibility index (Phi) is 5.21. The van der Waals surface area contributed by atoms with Crippen LogP contribution in [0.3, 0.4) is 0 Å². The lowest BCUT2D eigenvalue weighted by atomic mass is 9.96. The predicted octanol–water partition coefficient (Wildman–Crippen LogP) is 4.78. The van der Waals surface area contributed by atoms with Gasteiger partial charge >= 0.3 is 5.97 Å². The molecule has 0 spiro atoms. The topological polar surface area (TPSA) is 70.7 Å². The molecule has 7 heteroatoms. The molecule has 0 aliphatic carbocycles. The number of carboxylic acids is 1. The van der Waals surface area contributed by atoms with Crippen molar-refractivity contribution in [1.82, 2.24) is 14.6 Å². The summed E-state index contributed by atoms with van der Waals surface area (Å²) in [5.74, 6) is 0.118. The summed E-state index contributed by atoms with van der Waals surface area (Å²) in [4.78, 5) is 18.6. The molecule has 3 aromatic rings. The minimum absolute atomic E-state index is 0.246. The van der Waals surface area contributed by atoms with Gasteiger partial charge in [0.2, 0.25) is 0 Å². The number of rotatable bonds is 4. The van der Waals surface area contributed by atoms with Crippen molar-refractivity contribution in [3.05, 3.63) is 46.6 Å². The molecule has 1 aromatic carbocycles. The number of carbonyl (C=O) groups is 1. The molecular weight excluding hydrogens is 388 g/mol. The highest BCUT2D eigenvalue weighted by Gasteiger charge is 2.30. The van der Waals surface area contributed by atoms with Crippen LogP contribution in [0.1, 0.15) is 43.9 Å². The van der Waals surface area contributed by atoms with Gasteiger partial charge in [0, 0.05) is 41.0 Å². The number of halogens is 1. The van der Waals surface area contributed by atoms with Gasteiger partial charge in [-0.1, -0.05) is 37.6 Å². The summed E-state index contributed by atoms with van der Waals surface area (Å²) in [7, 11) is 0.